The minimum atomic E-state index is 0.299. The molecule has 0 radical (unpaired) electrons. The molecule has 0 spiro atoms. The number of phenolic OH excluding ortho intramolecular Hbond substituents is 1. The Kier molecular flexibility index (Phi) is 5.87. The third-order valence-electron chi connectivity index (χ3n) is 6.98. The number of phenols is 1. The second-order valence-corrected chi connectivity index (χ2v) is 10.0. The van der Waals surface area contributed by atoms with Crippen molar-refractivity contribution in [3.8, 4) is 5.75 Å². The maximum Gasteiger partial charge on any atom is 0.115 e. The summed E-state index contributed by atoms with van der Waals surface area (Å²) in [5.41, 5.74) is 13.2. The number of hydrogen-bond donors (Lipinski definition) is 1. The average Bonchev–Trinajstić information content (AvgIpc) is 3.15. The summed E-state index contributed by atoms with van der Waals surface area (Å²) in [6.07, 6.45) is 5.47. The van der Waals surface area contributed by atoms with Crippen LogP contribution in [0.1, 0.15) is 67.5 Å². The first-order chi connectivity index (χ1) is 16.4. The van der Waals surface area contributed by atoms with Gasteiger partial charge in [-0.3, -0.25) is 0 Å². The molecule has 4 aromatic rings. The monoisotopic (exact) mass is 444 g/mol. The van der Waals surface area contributed by atoms with Gasteiger partial charge in [0.15, 0.2) is 0 Å². The second-order valence-electron chi connectivity index (χ2n) is 10.0. The lowest BCUT2D eigenvalue weighted by Crippen LogP contribution is -2.08. The van der Waals surface area contributed by atoms with Gasteiger partial charge in [0.2, 0.25) is 0 Å². The van der Waals surface area contributed by atoms with E-state index in [2.05, 4.69) is 107 Å². The van der Waals surface area contributed by atoms with Gasteiger partial charge in [-0.05, 0) is 85.5 Å². The number of hydrogen-bond acceptors (Lipinski definition) is 1. The highest BCUT2D eigenvalue weighted by molar-refractivity contribution is 5.71. The molecule has 1 heteroatoms. The Morgan fingerprint density at radius 2 is 1.21 bits per heavy atom. The van der Waals surface area contributed by atoms with E-state index in [0.717, 1.165) is 6.42 Å². The van der Waals surface area contributed by atoms with Gasteiger partial charge in [-0.2, -0.15) is 0 Å². The number of rotatable bonds is 4. The van der Waals surface area contributed by atoms with E-state index < -0.39 is 0 Å². The standard InChI is InChI=1S/C33H32O/c1-21-13-22(2)16-26(15-21)6-5-25-7-8-28-20-32(27-9-11-30(34)12-10-27)33(31(28)19-25)29-17-23(3)14-24(4)18-29/h5-19,32-34H,20H2,1-4H3/b6-5+/t32-,33?/m0/s1. The molecule has 0 saturated carbocycles. The molecule has 2 atom stereocenters. The predicted molar refractivity (Wildman–Crippen MR) is 144 cm³/mol. The van der Waals surface area contributed by atoms with Crippen LogP contribution in [0, 0.1) is 27.7 Å². The maximum atomic E-state index is 9.84. The molecular weight excluding hydrogens is 412 g/mol. The van der Waals surface area contributed by atoms with Crippen LogP contribution in [0.3, 0.4) is 0 Å². The van der Waals surface area contributed by atoms with Crippen LogP contribution in [-0.4, -0.2) is 5.11 Å². The highest BCUT2D eigenvalue weighted by atomic mass is 16.3. The van der Waals surface area contributed by atoms with Gasteiger partial charge < -0.3 is 5.11 Å². The lowest BCUT2D eigenvalue weighted by atomic mass is 9.80. The summed E-state index contributed by atoms with van der Waals surface area (Å²) in [5, 5.41) is 9.84. The Morgan fingerprint density at radius 3 is 1.85 bits per heavy atom. The summed E-state index contributed by atoms with van der Waals surface area (Å²) in [4.78, 5) is 0. The van der Waals surface area contributed by atoms with Gasteiger partial charge in [-0.25, -0.2) is 0 Å². The number of aromatic hydroxyl groups is 1. The highest BCUT2D eigenvalue weighted by Gasteiger charge is 2.35. The van der Waals surface area contributed by atoms with Gasteiger partial charge in [0.05, 0.1) is 0 Å². The molecule has 0 bridgehead atoms. The van der Waals surface area contributed by atoms with E-state index in [1.54, 1.807) is 0 Å². The van der Waals surface area contributed by atoms with Gasteiger partial charge in [0.1, 0.15) is 5.75 Å². The Bertz CT molecular complexity index is 1330. The minimum Gasteiger partial charge on any atom is -0.508 e. The molecule has 0 amide bonds. The van der Waals surface area contributed by atoms with Crippen LogP contribution >= 0.6 is 0 Å². The zero-order valence-electron chi connectivity index (χ0n) is 20.5. The maximum absolute atomic E-state index is 9.84. The molecule has 1 N–H and O–H groups in total. The van der Waals surface area contributed by atoms with Crippen LogP contribution in [0.25, 0.3) is 12.2 Å². The third kappa shape index (κ3) is 4.56. The predicted octanol–water partition coefficient (Wildman–Crippen LogP) is 8.27. The second kappa shape index (κ2) is 8.99. The topological polar surface area (TPSA) is 20.2 Å². The number of benzene rings is 4. The Balaban J connectivity index is 1.57. The van der Waals surface area contributed by atoms with E-state index >= 15 is 0 Å². The molecule has 34 heavy (non-hydrogen) atoms. The van der Waals surface area contributed by atoms with E-state index in [-0.39, 0.29) is 0 Å². The van der Waals surface area contributed by atoms with E-state index in [1.165, 1.54) is 55.6 Å². The first-order valence-corrected chi connectivity index (χ1v) is 12.1. The van der Waals surface area contributed by atoms with Crippen LogP contribution in [0.4, 0.5) is 0 Å². The largest absolute Gasteiger partial charge is 0.508 e. The summed E-state index contributed by atoms with van der Waals surface area (Å²) in [6, 6.07) is 28.4. The molecule has 0 aliphatic heterocycles. The van der Waals surface area contributed by atoms with Crippen molar-refractivity contribution in [3.05, 3.63) is 134 Å². The van der Waals surface area contributed by atoms with Gasteiger partial charge in [0.25, 0.3) is 0 Å². The van der Waals surface area contributed by atoms with Crippen LogP contribution in [-0.2, 0) is 6.42 Å². The Hall–Kier alpha value is -3.58. The smallest absolute Gasteiger partial charge is 0.115 e. The van der Waals surface area contributed by atoms with Gasteiger partial charge >= 0.3 is 0 Å². The van der Waals surface area contributed by atoms with Crippen LogP contribution in [0.5, 0.6) is 5.75 Å². The summed E-state index contributed by atoms with van der Waals surface area (Å²) in [6.45, 7) is 8.67. The summed E-state index contributed by atoms with van der Waals surface area (Å²) >= 11 is 0. The van der Waals surface area contributed by atoms with Gasteiger partial charge in [0, 0.05) is 5.92 Å². The van der Waals surface area contributed by atoms with Gasteiger partial charge in [-0.15, -0.1) is 0 Å². The molecule has 0 saturated heterocycles. The average molecular weight is 445 g/mol. The van der Waals surface area contributed by atoms with Crippen molar-refractivity contribution >= 4 is 12.2 Å². The fourth-order valence-corrected chi connectivity index (χ4v) is 5.70. The third-order valence-corrected chi connectivity index (χ3v) is 6.98. The molecule has 1 aliphatic rings. The van der Waals surface area contributed by atoms with Crippen molar-refractivity contribution in [2.75, 3.05) is 0 Å². The molecule has 5 rings (SSSR count). The van der Waals surface area contributed by atoms with Crippen LogP contribution in [0.15, 0.2) is 78.9 Å². The normalized spacial score (nSPS) is 17.3. The molecular formula is C33H32O. The molecule has 170 valence electrons. The van der Waals surface area contributed by atoms with E-state index in [9.17, 15) is 5.11 Å². The van der Waals surface area contributed by atoms with Crippen LogP contribution < -0.4 is 0 Å². The fraction of sp³-hybridized carbons (Fsp3) is 0.212. The molecule has 0 fully saturated rings. The highest BCUT2D eigenvalue weighted by Crippen LogP contribution is 2.48. The van der Waals surface area contributed by atoms with Gasteiger partial charge in [-0.1, -0.05) is 101 Å². The zero-order valence-corrected chi connectivity index (χ0v) is 20.5. The quantitative estimate of drug-likeness (QED) is 0.314. The zero-order chi connectivity index (χ0) is 23.8. The summed E-state index contributed by atoms with van der Waals surface area (Å²) in [5.74, 6) is 0.976. The molecule has 1 unspecified atom stereocenters. The first-order valence-electron chi connectivity index (χ1n) is 12.1. The van der Waals surface area contributed by atoms with E-state index in [0.29, 0.717) is 17.6 Å². The summed E-state index contributed by atoms with van der Waals surface area (Å²) in [7, 11) is 0. The van der Waals surface area contributed by atoms with Crippen molar-refractivity contribution in [1.29, 1.82) is 0 Å². The minimum absolute atomic E-state index is 0.299. The lowest BCUT2D eigenvalue weighted by Gasteiger charge is -2.23. The first kappa shape index (κ1) is 22.2. The van der Waals surface area contributed by atoms with Crippen molar-refractivity contribution in [3.63, 3.8) is 0 Å². The van der Waals surface area contributed by atoms with Crippen LogP contribution in [0.2, 0.25) is 0 Å². The number of aryl methyl sites for hydroxylation is 4. The molecule has 0 heterocycles. The van der Waals surface area contributed by atoms with E-state index in [1.807, 2.05) is 12.1 Å². The number of fused-ring (bicyclic) bond motifs is 1. The molecule has 0 aromatic heterocycles. The summed E-state index contributed by atoms with van der Waals surface area (Å²) < 4.78 is 0. The van der Waals surface area contributed by atoms with Crippen molar-refractivity contribution in [2.24, 2.45) is 0 Å². The fourth-order valence-electron chi connectivity index (χ4n) is 5.70. The van der Waals surface area contributed by atoms with Crippen molar-refractivity contribution in [1.82, 2.24) is 0 Å². The van der Waals surface area contributed by atoms with E-state index in [4.69, 9.17) is 0 Å². The lowest BCUT2D eigenvalue weighted by molar-refractivity contribution is 0.474. The SMILES string of the molecule is Cc1cc(C)cc(/C=C/c2ccc3c(c2)C(c2cc(C)cc(C)c2)[C@H](c2ccc(O)cc2)C3)c1. The Morgan fingerprint density at radius 1 is 0.618 bits per heavy atom. The molecule has 1 aliphatic carbocycles. The molecule has 1 nitrogen and oxygen atoms in total. The van der Waals surface area contributed by atoms with Crippen molar-refractivity contribution < 1.29 is 5.11 Å². The van der Waals surface area contributed by atoms with Crippen molar-refractivity contribution in [2.45, 2.75) is 46.0 Å². The molecule has 4 aromatic carbocycles. The Labute approximate surface area is 203 Å².